The van der Waals surface area contributed by atoms with Crippen LogP contribution in [0.4, 0.5) is 0 Å². The van der Waals surface area contributed by atoms with Crippen LogP contribution < -0.4 is 9.47 Å². The summed E-state index contributed by atoms with van der Waals surface area (Å²) in [4.78, 5) is 31.5. The molecule has 2 aromatic rings. The van der Waals surface area contributed by atoms with E-state index in [9.17, 15) is 14.7 Å². The van der Waals surface area contributed by atoms with Gasteiger partial charge < -0.3 is 29.2 Å². The highest BCUT2D eigenvalue weighted by Crippen LogP contribution is 2.50. The van der Waals surface area contributed by atoms with Gasteiger partial charge in [-0.15, -0.1) is 0 Å². The smallest absolute Gasteiger partial charge is 0.311 e. The second kappa shape index (κ2) is 7.37. The van der Waals surface area contributed by atoms with Crippen LogP contribution in [-0.2, 0) is 32.7 Å². The number of aromatic nitrogens is 1. The van der Waals surface area contributed by atoms with E-state index in [0.29, 0.717) is 23.8 Å². The van der Waals surface area contributed by atoms with Gasteiger partial charge in [-0.1, -0.05) is 25.1 Å². The molecule has 0 bridgehead atoms. The Labute approximate surface area is 197 Å². The van der Waals surface area contributed by atoms with Crippen LogP contribution in [0.3, 0.4) is 0 Å². The Morgan fingerprint density at radius 1 is 1.24 bits per heavy atom. The molecule has 1 saturated heterocycles. The number of hydrogen-bond donors (Lipinski definition) is 2. The number of benzene rings is 1. The minimum Gasteiger partial charge on any atom is -0.469 e. The van der Waals surface area contributed by atoms with Gasteiger partial charge in [0.2, 0.25) is 12.7 Å². The zero-order valence-corrected chi connectivity index (χ0v) is 19.5. The number of ether oxygens (including phenoxy) is 3. The number of hydrogen-bond acceptors (Lipinski definition) is 6. The fourth-order valence-electron chi connectivity index (χ4n) is 6.24. The number of esters is 1. The molecular weight excluding hydrogens is 436 g/mol. The number of piperidine rings is 1. The van der Waals surface area contributed by atoms with Gasteiger partial charge in [-0.3, -0.25) is 9.59 Å². The second-order valence-electron chi connectivity index (χ2n) is 9.91. The van der Waals surface area contributed by atoms with Crippen molar-refractivity contribution in [2.24, 2.45) is 11.8 Å². The maximum absolute atomic E-state index is 13.7. The van der Waals surface area contributed by atoms with Crippen molar-refractivity contribution in [2.45, 2.75) is 50.8 Å². The molecule has 1 aliphatic carbocycles. The van der Waals surface area contributed by atoms with Gasteiger partial charge in [0.05, 0.1) is 25.2 Å². The summed E-state index contributed by atoms with van der Waals surface area (Å²) in [6.45, 7) is 4.34. The first-order chi connectivity index (χ1) is 16.3. The van der Waals surface area contributed by atoms with Crippen molar-refractivity contribution in [3.63, 3.8) is 0 Å². The first-order valence-corrected chi connectivity index (χ1v) is 11.7. The molecule has 5 atom stereocenters. The Hall–Kier alpha value is -3.26. The van der Waals surface area contributed by atoms with E-state index in [1.807, 2.05) is 25.1 Å². The predicted molar refractivity (Wildman–Crippen MR) is 122 cm³/mol. The van der Waals surface area contributed by atoms with Crippen molar-refractivity contribution in [1.82, 2.24) is 9.88 Å². The number of nitrogens with one attached hydrogen (secondary N) is 1. The number of aliphatic hydroxyl groups excluding tert-OH is 1. The predicted octanol–water partition coefficient (Wildman–Crippen LogP) is 2.52. The van der Waals surface area contributed by atoms with Crippen molar-refractivity contribution in [1.29, 1.82) is 0 Å². The largest absolute Gasteiger partial charge is 0.469 e. The Bertz CT molecular complexity index is 1230. The molecule has 178 valence electrons. The Balaban J connectivity index is 1.56. The van der Waals surface area contributed by atoms with Gasteiger partial charge in [0, 0.05) is 17.8 Å². The number of nitrogens with zero attached hydrogens (tertiary/aromatic N) is 1. The SMILES string of the molecule is COC(=O)C1CC(=O)N2C(Cc3c([nH]c4c3C=CC(C)C4)[C@@]2(C)c2ccc3c(c2)OCO3)C1O. The van der Waals surface area contributed by atoms with E-state index in [1.165, 1.54) is 7.11 Å². The normalized spacial score (nSPS) is 31.1. The number of aromatic amines is 1. The molecule has 6 rings (SSSR count). The molecule has 2 N–H and O–H groups in total. The summed E-state index contributed by atoms with van der Waals surface area (Å²) in [6, 6.07) is 5.16. The minimum atomic E-state index is -1.04. The van der Waals surface area contributed by atoms with Gasteiger partial charge in [-0.2, -0.15) is 0 Å². The van der Waals surface area contributed by atoms with Crippen LogP contribution in [0.1, 0.15) is 48.3 Å². The number of methoxy groups -OCH3 is 1. The highest BCUT2D eigenvalue weighted by atomic mass is 16.7. The number of carbonyl (C=O) groups is 2. The first kappa shape index (κ1) is 21.3. The average Bonchev–Trinajstić information content (AvgIpc) is 3.44. The monoisotopic (exact) mass is 464 g/mol. The molecule has 0 spiro atoms. The summed E-state index contributed by atoms with van der Waals surface area (Å²) in [5.74, 6) is 0.0753. The third kappa shape index (κ3) is 2.81. The summed E-state index contributed by atoms with van der Waals surface area (Å²) in [5.41, 5.74) is 4.25. The Morgan fingerprint density at radius 3 is 2.82 bits per heavy atom. The standard InChI is InChI=1S/C26H28N2O6/c1-13-4-6-15-16-10-19-23(30)17(25(31)32-3)11-22(29)28(19)26(2,24(16)27-18(15)8-13)14-5-7-20-21(9-14)34-12-33-20/h4-7,9,13,17,19,23,27,30H,8,10-12H2,1-3H3/t13?,17?,19?,23?,26-/m1/s1. The summed E-state index contributed by atoms with van der Waals surface area (Å²) in [5, 5.41) is 11.4. The molecule has 4 unspecified atom stereocenters. The quantitative estimate of drug-likeness (QED) is 0.663. The van der Waals surface area contributed by atoms with Crippen LogP contribution in [0.5, 0.6) is 11.5 Å². The van der Waals surface area contributed by atoms with Crippen molar-refractivity contribution in [3.8, 4) is 11.5 Å². The number of rotatable bonds is 2. The number of aliphatic hydroxyl groups is 1. The van der Waals surface area contributed by atoms with E-state index in [2.05, 4.69) is 24.1 Å². The lowest BCUT2D eigenvalue weighted by Gasteiger charge is -2.54. The lowest BCUT2D eigenvalue weighted by atomic mass is 9.72. The van der Waals surface area contributed by atoms with Crippen LogP contribution in [-0.4, -0.2) is 52.9 Å². The third-order valence-electron chi connectivity index (χ3n) is 7.97. The molecular formula is C26H28N2O6. The van der Waals surface area contributed by atoms with Gasteiger partial charge >= 0.3 is 5.97 Å². The van der Waals surface area contributed by atoms with E-state index in [4.69, 9.17) is 14.2 Å². The lowest BCUT2D eigenvalue weighted by Crippen LogP contribution is -2.66. The highest BCUT2D eigenvalue weighted by Gasteiger charge is 2.56. The average molecular weight is 465 g/mol. The molecule has 4 aliphatic rings. The van der Waals surface area contributed by atoms with Gasteiger partial charge in [0.25, 0.3) is 0 Å². The van der Waals surface area contributed by atoms with Crippen molar-refractivity contribution in [3.05, 3.63) is 52.4 Å². The lowest BCUT2D eigenvalue weighted by molar-refractivity contribution is -0.170. The number of carbonyl (C=O) groups excluding carboxylic acids is 2. The van der Waals surface area contributed by atoms with Crippen molar-refractivity contribution < 1.29 is 28.9 Å². The molecule has 3 aliphatic heterocycles. The van der Waals surface area contributed by atoms with Crippen molar-refractivity contribution in [2.75, 3.05) is 13.9 Å². The van der Waals surface area contributed by atoms with Crippen LogP contribution in [0.2, 0.25) is 0 Å². The molecule has 1 aromatic heterocycles. The minimum absolute atomic E-state index is 0.100. The molecule has 0 saturated carbocycles. The Morgan fingerprint density at radius 2 is 2.03 bits per heavy atom. The van der Waals surface area contributed by atoms with Crippen LogP contribution in [0.15, 0.2) is 24.3 Å². The molecule has 34 heavy (non-hydrogen) atoms. The fraction of sp³-hybridized carbons (Fsp3) is 0.462. The zero-order chi connectivity index (χ0) is 23.8. The maximum atomic E-state index is 13.7. The summed E-state index contributed by atoms with van der Waals surface area (Å²) in [6.07, 6.45) is 4.53. The van der Waals surface area contributed by atoms with E-state index in [0.717, 1.165) is 34.5 Å². The van der Waals surface area contributed by atoms with E-state index in [-0.39, 0.29) is 19.1 Å². The molecule has 1 fully saturated rings. The summed E-state index contributed by atoms with van der Waals surface area (Å²) < 4.78 is 16.1. The molecule has 4 heterocycles. The molecule has 8 nitrogen and oxygen atoms in total. The van der Waals surface area contributed by atoms with Crippen LogP contribution >= 0.6 is 0 Å². The van der Waals surface area contributed by atoms with E-state index >= 15 is 0 Å². The zero-order valence-electron chi connectivity index (χ0n) is 19.5. The summed E-state index contributed by atoms with van der Waals surface area (Å²) >= 11 is 0. The maximum Gasteiger partial charge on any atom is 0.311 e. The number of fused-ring (bicyclic) bond motifs is 5. The van der Waals surface area contributed by atoms with Gasteiger partial charge in [-0.05, 0) is 54.5 Å². The van der Waals surface area contributed by atoms with Gasteiger partial charge in [0.15, 0.2) is 11.5 Å². The summed E-state index contributed by atoms with van der Waals surface area (Å²) in [7, 11) is 1.29. The van der Waals surface area contributed by atoms with Crippen LogP contribution in [0, 0.1) is 11.8 Å². The molecule has 0 radical (unpaired) electrons. The first-order valence-electron chi connectivity index (χ1n) is 11.7. The van der Waals surface area contributed by atoms with Gasteiger partial charge in [-0.25, -0.2) is 0 Å². The Kier molecular flexibility index (Phi) is 4.61. The topological polar surface area (TPSA) is 101 Å². The second-order valence-corrected chi connectivity index (χ2v) is 9.91. The number of H-pyrrole nitrogens is 1. The van der Waals surface area contributed by atoms with Crippen molar-refractivity contribution >= 4 is 18.0 Å². The van der Waals surface area contributed by atoms with E-state index < -0.39 is 29.6 Å². The number of amides is 1. The van der Waals surface area contributed by atoms with E-state index in [1.54, 1.807) is 4.90 Å². The number of allylic oxidation sites excluding steroid dienone is 1. The fourth-order valence-corrected chi connectivity index (χ4v) is 6.24. The highest BCUT2D eigenvalue weighted by molar-refractivity contribution is 5.87. The molecule has 1 amide bonds. The van der Waals surface area contributed by atoms with Gasteiger partial charge in [0.1, 0.15) is 5.54 Å². The van der Waals surface area contributed by atoms with Crippen LogP contribution in [0.25, 0.3) is 6.08 Å². The third-order valence-corrected chi connectivity index (χ3v) is 7.97. The molecule has 8 heteroatoms. The molecule has 1 aromatic carbocycles.